The smallest absolute Gasteiger partial charge is 0.00302 e. The normalized spacial score (nSPS) is 56.0. The van der Waals surface area contributed by atoms with Gasteiger partial charge in [-0.3, -0.25) is 0 Å². The third kappa shape index (κ3) is 0.554. The minimum Gasteiger partial charge on any atom is -0.161 e. The van der Waals surface area contributed by atoms with Crippen molar-refractivity contribution >= 4 is 11.8 Å². The first kappa shape index (κ1) is 5.70. The van der Waals surface area contributed by atoms with Crippen molar-refractivity contribution < 1.29 is 0 Å². The third-order valence-corrected chi connectivity index (χ3v) is 4.66. The second-order valence-corrected chi connectivity index (χ2v) is 4.89. The lowest BCUT2D eigenvalue weighted by atomic mass is 9.86. The number of fused-ring (bicyclic) bond motifs is 5. The Morgan fingerprint density at radius 2 is 1.60 bits per heavy atom. The molecule has 4 atom stereocenters. The van der Waals surface area contributed by atoms with Gasteiger partial charge in [-0.1, -0.05) is 12.2 Å². The molecule has 1 heteroatoms. The first-order valence-corrected chi connectivity index (χ1v) is 5.37. The maximum absolute atomic E-state index is 2.47. The summed E-state index contributed by atoms with van der Waals surface area (Å²) in [5.74, 6) is 7.06. The molecule has 54 valence electrons. The highest BCUT2D eigenvalue weighted by atomic mass is 32.2. The van der Waals surface area contributed by atoms with Crippen molar-refractivity contribution in [3.8, 4) is 0 Å². The van der Waals surface area contributed by atoms with Gasteiger partial charge < -0.3 is 0 Å². The average molecular weight is 152 g/mol. The molecule has 3 aliphatic rings. The molecule has 0 spiro atoms. The summed E-state index contributed by atoms with van der Waals surface area (Å²) in [6.07, 6.45) is 6.44. The van der Waals surface area contributed by atoms with Gasteiger partial charge >= 0.3 is 0 Å². The number of rotatable bonds is 0. The van der Waals surface area contributed by atoms with E-state index in [9.17, 15) is 0 Å². The second kappa shape index (κ2) is 1.82. The molecule has 0 unspecified atom stereocenters. The van der Waals surface area contributed by atoms with Crippen LogP contribution in [0.2, 0.25) is 0 Å². The molecule has 2 aliphatic carbocycles. The fourth-order valence-corrected chi connectivity index (χ4v) is 4.53. The molecule has 1 heterocycles. The van der Waals surface area contributed by atoms with Crippen molar-refractivity contribution in [2.75, 3.05) is 11.5 Å². The van der Waals surface area contributed by atoms with Crippen molar-refractivity contribution in [3.05, 3.63) is 12.2 Å². The number of thioether (sulfide) groups is 1. The number of allylic oxidation sites excluding steroid dienone is 2. The van der Waals surface area contributed by atoms with Crippen LogP contribution in [0, 0.1) is 23.7 Å². The Morgan fingerprint density at radius 3 is 2.20 bits per heavy atom. The maximum atomic E-state index is 2.47. The Hall–Kier alpha value is 0.0900. The van der Waals surface area contributed by atoms with Gasteiger partial charge in [-0.25, -0.2) is 0 Å². The van der Waals surface area contributed by atoms with Gasteiger partial charge in [0.15, 0.2) is 0 Å². The molecule has 1 saturated carbocycles. The van der Waals surface area contributed by atoms with E-state index in [1.165, 1.54) is 17.9 Å². The highest BCUT2D eigenvalue weighted by Gasteiger charge is 2.46. The molecule has 0 aromatic carbocycles. The fourth-order valence-electron chi connectivity index (χ4n) is 2.86. The van der Waals surface area contributed by atoms with Gasteiger partial charge in [-0.15, -0.1) is 0 Å². The molecule has 0 aromatic rings. The van der Waals surface area contributed by atoms with Crippen LogP contribution in [0.15, 0.2) is 12.2 Å². The molecular weight excluding hydrogens is 140 g/mol. The van der Waals surface area contributed by atoms with E-state index in [-0.39, 0.29) is 0 Å². The number of hydrogen-bond donors (Lipinski definition) is 0. The SMILES string of the molecule is C1=C[C@H]2C[C@@H]1[C@H]1CSC[C@H]12. The van der Waals surface area contributed by atoms with E-state index >= 15 is 0 Å². The van der Waals surface area contributed by atoms with Gasteiger partial charge in [0.1, 0.15) is 0 Å². The molecule has 2 bridgehead atoms. The zero-order chi connectivity index (χ0) is 6.55. The Balaban J connectivity index is 1.99. The maximum Gasteiger partial charge on any atom is -0.00302 e. The van der Waals surface area contributed by atoms with Gasteiger partial charge in [0.05, 0.1) is 0 Å². The van der Waals surface area contributed by atoms with E-state index in [1.807, 2.05) is 0 Å². The predicted molar refractivity (Wildman–Crippen MR) is 45.0 cm³/mol. The molecule has 3 rings (SSSR count). The first-order chi connectivity index (χ1) is 4.95. The Kier molecular flexibility index (Phi) is 1.04. The zero-order valence-electron chi connectivity index (χ0n) is 5.99. The van der Waals surface area contributed by atoms with Crippen LogP contribution in [0.25, 0.3) is 0 Å². The standard InChI is InChI=1S/C9H12S/c1-2-7-3-6(1)8-4-10-5-9(7)8/h1-2,6-9H,3-5H2/t6-,7+,8-,9+. The summed E-state index contributed by atoms with van der Waals surface area (Å²) in [7, 11) is 0. The Morgan fingerprint density at radius 1 is 1.00 bits per heavy atom. The summed E-state index contributed by atoms with van der Waals surface area (Å²) in [6, 6.07) is 0. The van der Waals surface area contributed by atoms with E-state index in [0.29, 0.717) is 0 Å². The topological polar surface area (TPSA) is 0 Å². The van der Waals surface area contributed by atoms with Gasteiger partial charge in [0.2, 0.25) is 0 Å². The van der Waals surface area contributed by atoms with Gasteiger partial charge in [0, 0.05) is 0 Å². The molecule has 0 nitrogen and oxygen atoms in total. The van der Waals surface area contributed by atoms with Crippen molar-refractivity contribution in [2.24, 2.45) is 23.7 Å². The van der Waals surface area contributed by atoms with Gasteiger partial charge in [-0.2, -0.15) is 11.8 Å². The summed E-state index contributed by atoms with van der Waals surface area (Å²) in [6.45, 7) is 0. The summed E-state index contributed by atoms with van der Waals surface area (Å²) in [5, 5.41) is 0. The summed E-state index contributed by atoms with van der Waals surface area (Å²) < 4.78 is 0. The molecule has 1 aliphatic heterocycles. The Bertz CT molecular complexity index is 167. The summed E-state index contributed by atoms with van der Waals surface area (Å²) in [5.41, 5.74) is 0. The fraction of sp³-hybridized carbons (Fsp3) is 0.778. The van der Waals surface area contributed by atoms with E-state index in [2.05, 4.69) is 23.9 Å². The van der Waals surface area contributed by atoms with Crippen molar-refractivity contribution in [2.45, 2.75) is 6.42 Å². The molecule has 1 saturated heterocycles. The van der Waals surface area contributed by atoms with E-state index in [0.717, 1.165) is 23.7 Å². The van der Waals surface area contributed by atoms with E-state index in [4.69, 9.17) is 0 Å². The quantitative estimate of drug-likeness (QED) is 0.479. The van der Waals surface area contributed by atoms with Crippen molar-refractivity contribution in [3.63, 3.8) is 0 Å². The summed E-state index contributed by atoms with van der Waals surface area (Å²) in [4.78, 5) is 0. The molecule has 0 N–H and O–H groups in total. The summed E-state index contributed by atoms with van der Waals surface area (Å²) >= 11 is 2.17. The van der Waals surface area contributed by atoms with Crippen LogP contribution in [0.3, 0.4) is 0 Å². The highest BCUT2D eigenvalue weighted by Crippen LogP contribution is 2.53. The molecular formula is C9H12S. The van der Waals surface area contributed by atoms with Crippen molar-refractivity contribution in [1.82, 2.24) is 0 Å². The van der Waals surface area contributed by atoms with E-state index in [1.54, 1.807) is 0 Å². The van der Waals surface area contributed by atoms with Crippen LogP contribution in [-0.2, 0) is 0 Å². The lowest BCUT2D eigenvalue weighted by Gasteiger charge is -2.18. The molecule has 0 amide bonds. The van der Waals surface area contributed by atoms with Crippen LogP contribution >= 0.6 is 11.8 Å². The van der Waals surface area contributed by atoms with Crippen LogP contribution in [0.1, 0.15) is 6.42 Å². The van der Waals surface area contributed by atoms with Crippen LogP contribution in [-0.4, -0.2) is 11.5 Å². The monoisotopic (exact) mass is 152 g/mol. The average Bonchev–Trinajstić information content (AvgIpc) is 2.60. The molecule has 2 fully saturated rings. The lowest BCUT2D eigenvalue weighted by molar-refractivity contribution is 0.395. The predicted octanol–water partition coefficient (Wildman–Crippen LogP) is 2.17. The minimum absolute atomic E-state index is 0.991. The van der Waals surface area contributed by atoms with Crippen LogP contribution in [0.4, 0.5) is 0 Å². The van der Waals surface area contributed by atoms with Gasteiger partial charge in [-0.05, 0) is 41.6 Å². The zero-order valence-corrected chi connectivity index (χ0v) is 6.81. The lowest BCUT2D eigenvalue weighted by Crippen LogP contribution is -2.16. The first-order valence-electron chi connectivity index (χ1n) is 4.21. The number of hydrogen-bond acceptors (Lipinski definition) is 1. The van der Waals surface area contributed by atoms with Crippen LogP contribution < -0.4 is 0 Å². The third-order valence-electron chi connectivity index (χ3n) is 3.42. The van der Waals surface area contributed by atoms with Crippen LogP contribution in [0.5, 0.6) is 0 Å². The highest BCUT2D eigenvalue weighted by molar-refractivity contribution is 7.99. The Labute approximate surface area is 66.1 Å². The van der Waals surface area contributed by atoms with E-state index < -0.39 is 0 Å². The largest absolute Gasteiger partial charge is 0.161 e. The molecule has 0 aromatic heterocycles. The molecule has 0 radical (unpaired) electrons. The van der Waals surface area contributed by atoms with Crippen molar-refractivity contribution in [1.29, 1.82) is 0 Å². The van der Waals surface area contributed by atoms with Gasteiger partial charge in [0.25, 0.3) is 0 Å². The minimum atomic E-state index is 0.991. The molecule has 10 heavy (non-hydrogen) atoms. The second-order valence-electron chi connectivity index (χ2n) is 3.81.